The lowest BCUT2D eigenvalue weighted by Crippen LogP contribution is -2.46. The molecule has 0 unspecified atom stereocenters. The van der Waals surface area contributed by atoms with Gasteiger partial charge in [0.1, 0.15) is 5.82 Å². The molecular formula is C23H25FN2O2. The molecule has 0 aliphatic carbocycles. The lowest BCUT2D eigenvalue weighted by molar-refractivity contribution is -0.141. The van der Waals surface area contributed by atoms with Gasteiger partial charge in [-0.15, -0.1) is 0 Å². The van der Waals surface area contributed by atoms with Gasteiger partial charge in [-0.2, -0.15) is 0 Å². The van der Waals surface area contributed by atoms with E-state index in [0.29, 0.717) is 38.0 Å². The van der Waals surface area contributed by atoms with Gasteiger partial charge in [0.15, 0.2) is 0 Å². The molecule has 0 bridgehead atoms. The number of carbonyl (C=O) groups is 2. The van der Waals surface area contributed by atoms with Crippen LogP contribution in [0.5, 0.6) is 0 Å². The second-order valence-corrected chi connectivity index (χ2v) is 7.74. The average molecular weight is 380 g/mol. The molecule has 2 aliphatic rings. The molecule has 0 saturated carbocycles. The molecule has 0 spiro atoms. The van der Waals surface area contributed by atoms with Crippen LogP contribution in [0.2, 0.25) is 0 Å². The quantitative estimate of drug-likeness (QED) is 0.821. The SMILES string of the molecule is O=C(Cc1cccc(F)c1)N1CCC(C(=O)N2CCc3ccccc3C2)CC1. The Labute approximate surface area is 164 Å². The molecule has 0 atom stereocenters. The molecule has 0 aromatic heterocycles. The first kappa shape index (κ1) is 18.7. The fourth-order valence-corrected chi connectivity index (χ4v) is 4.25. The van der Waals surface area contributed by atoms with E-state index in [1.165, 1.54) is 23.3 Å². The molecule has 2 aromatic rings. The van der Waals surface area contributed by atoms with Crippen molar-refractivity contribution in [2.45, 2.75) is 32.2 Å². The lowest BCUT2D eigenvalue weighted by atomic mass is 9.92. The summed E-state index contributed by atoms with van der Waals surface area (Å²) in [5, 5.41) is 0. The predicted octanol–water partition coefficient (Wildman–Crippen LogP) is 3.19. The molecule has 1 fully saturated rings. The van der Waals surface area contributed by atoms with E-state index >= 15 is 0 Å². The number of nitrogens with zero attached hydrogens (tertiary/aromatic N) is 2. The van der Waals surface area contributed by atoms with Crippen molar-refractivity contribution < 1.29 is 14.0 Å². The second kappa shape index (κ2) is 8.13. The number of piperidine rings is 1. The van der Waals surface area contributed by atoms with Crippen molar-refractivity contribution in [3.63, 3.8) is 0 Å². The molecule has 2 amide bonds. The molecule has 2 aliphatic heterocycles. The smallest absolute Gasteiger partial charge is 0.226 e. The zero-order valence-corrected chi connectivity index (χ0v) is 15.9. The van der Waals surface area contributed by atoms with E-state index in [4.69, 9.17) is 0 Å². The van der Waals surface area contributed by atoms with Crippen LogP contribution in [0.4, 0.5) is 4.39 Å². The Morgan fingerprint density at radius 3 is 2.43 bits per heavy atom. The Bertz CT molecular complexity index is 874. The summed E-state index contributed by atoms with van der Waals surface area (Å²) in [6, 6.07) is 14.5. The minimum Gasteiger partial charge on any atom is -0.342 e. The summed E-state index contributed by atoms with van der Waals surface area (Å²) >= 11 is 0. The average Bonchev–Trinajstić information content (AvgIpc) is 2.73. The Morgan fingerprint density at radius 2 is 1.68 bits per heavy atom. The van der Waals surface area contributed by atoms with E-state index in [1.54, 1.807) is 17.0 Å². The normalized spacial score (nSPS) is 17.3. The van der Waals surface area contributed by atoms with Crippen LogP contribution in [-0.2, 0) is 29.0 Å². The molecule has 0 N–H and O–H groups in total. The van der Waals surface area contributed by atoms with Crippen LogP contribution in [-0.4, -0.2) is 41.2 Å². The first-order valence-corrected chi connectivity index (χ1v) is 9.98. The van der Waals surface area contributed by atoms with Gasteiger partial charge in [-0.25, -0.2) is 4.39 Å². The Morgan fingerprint density at radius 1 is 0.929 bits per heavy atom. The monoisotopic (exact) mass is 380 g/mol. The van der Waals surface area contributed by atoms with Gasteiger partial charge in [0.05, 0.1) is 6.42 Å². The number of hydrogen-bond acceptors (Lipinski definition) is 2. The van der Waals surface area contributed by atoms with Crippen LogP contribution in [0.1, 0.15) is 29.5 Å². The molecule has 2 heterocycles. The van der Waals surface area contributed by atoms with Crippen LogP contribution >= 0.6 is 0 Å². The van der Waals surface area contributed by atoms with Crippen LogP contribution in [0.3, 0.4) is 0 Å². The third-order valence-corrected chi connectivity index (χ3v) is 5.88. The van der Waals surface area contributed by atoms with Crippen molar-refractivity contribution in [2.24, 2.45) is 5.92 Å². The van der Waals surface area contributed by atoms with Gasteiger partial charge in [0.2, 0.25) is 11.8 Å². The van der Waals surface area contributed by atoms with Gasteiger partial charge in [-0.1, -0.05) is 36.4 Å². The number of amides is 2. The van der Waals surface area contributed by atoms with E-state index < -0.39 is 0 Å². The molecule has 146 valence electrons. The van der Waals surface area contributed by atoms with E-state index in [9.17, 15) is 14.0 Å². The van der Waals surface area contributed by atoms with Gasteiger partial charge in [-0.3, -0.25) is 9.59 Å². The molecule has 4 nitrogen and oxygen atoms in total. The summed E-state index contributed by atoms with van der Waals surface area (Å²) in [5.74, 6) is -0.115. The number of benzene rings is 2. The number of hydrogen-bond donors (Lipinski definition) is 0. The molecule has 28 heavy (non-hydrogen) atoms. The molecule has 1 saturated heterocycles. The van der Waals surface area contributed by atoms with E-state index in [2.05, 4.69) is 12.1 Å². The Balaban J connectivity index is 1.30. The number of halogens is 1. The van der Waals surface area contributed by atoms with Crippen molar-refractivity contribution in [1.29, 1.82) is 0 Å². The highest BCUT2D eigenvalue weighted by molar-refractivity contribution is 5.81. The van der Waals surface area contributed by atoms with E-state index in [-0.39, 0.29) is 30.0 Å². The third-order valence-electron chi connectivity index (χ3n) is 5.88. The zero-order chi connectivity index (χ0) is 19.5. The molecule has 0 radical (unpaired) electrons. The predicted molar refractivity (Wildman–Crippen MR) is 105 cm³/mol. The van der Waals surface area contributed by atoms with Gasteiger partial charge < -0.3 is 9.80 Å². The topological polar surface area (TPSA) is 40.6 Å². The summed E-state index contributed by atoms with van der Waals surface area (Å²) in [7, 11) is 0. The first-order valence-electron chi connectivity index (χ1n) is 9.98. The summed E-state index contributed by atoms with van der Waals surface area (Å²) in [4.78, 5) is 29.2. The number of fused-ring (bicyclic) bond motifs is 1. The van der Waals surface area contributed by atoms with Crippen LogP contribution in [0, 0.1) is 11.7 Å². The lowest BCUT2D eigenvalue weighted by Gasteiger charge is -2.36. The van der Waals surface area contributed by atoms with E-state index in [0.717, 1.165) is 13.0 Å². The molecular weight excluding hydrogens is 355 g/mol. The zero-order valence-electron chi connectivity index (χ0n) is 15.9. The number of rotatable bonds is 3. The molecule has 5 heteroatoms. The van der Waals surface area contributed by atoms with Crippen LogP contribution < -0.4 is 0 Å². The van der Waals surface area contributed by atoms with Crippen molar-refractivity contribution >= 4 is 11.8 Å². The van der Waals surface area contributed by atoms with Gasteiger partial charge in [0, 0.05) is 32.1 Å². The fourth-order valence-electron chi connectivity index (χ4n) is 4.25. The highest BCUT2D eigenvalue weighted by atomic mass is 19.1. The second-order valence-electron chi connectivity index (χ2n) is 7.74. The van der Waals surface area contributed by atoms with E-state index in [1.807, 2.05) is 17.0 Å². The van der Waals surface area contributed by atoms with Crippen molar-refractivity contribution in [3.8, 4) is 0 Å². The maximum absolute atomic E-state index is 13.3. The Hall–Kier alpha value is -2.69. The van der Waals surface area contributed by atoms with Crippen LogP contribution in [0.15, 0.2) is 48.5 Å². The van der Waals surface area contributed by atoms with Crippen molar-refractivity contribution in [2.75, 3.05) is 19.6 Å². The third kappa shape index (κ3) is 4.08. The minimum atomic E-state index is -0.322. The first-order chi connectivity index (χ1) is 13.6. The summed E-state index contributed by atoms with van der Waals surface area (Å²) < 4.78 is 13.3. The van der Waals surface area contributed by atoms with Gasteiger partial charge in [0.25, 0.3) is 0 Å². The molecule has 2 aromatic carbocycles. The standard InChI is InChI=1S/C23H25FN2O2/c24-21-7-3-4-17(14-21)15-22(27)25-11-9-19(10-12-25)23(28)26-13-8-18-5-1-2-6-20(18)16-26/h1-7,14,19H,8-13,15-16H2. The fraction of sp³-hybridized carbons (Fsp3) is 0.391. The number of likely N-dealkylation sites (tertiary alicyclic amines) is 1. The highest BCUT2D eigenvalue weighted by Crippen LogP contribution is 2.25. The Kier molecular flexibility index (Phi) is 5.42. The van der Waals surface area contributed by atoms with Crippen LogP contribution in [0.25, 0.3) is 0 Å². The largest absolute Gasteiger partial charge is 0.342 e. The maximum atomic E-state index is 13.3. The minimum absolute atomic E-state index is 0.00315. The number of carbonyl (C=O) groups excluding carboxylic acids is 2. The summed E-state index contributed by atoms with van der Waals surface area (Å²) in [6.07, 6.45) is 2.52. The maximum Gasteiger partial charge on any atom is 0.226 e. The van der Waals surface area contributed by atoms with Crippen molar-refractivity contribution in [3.05, 3.63) is 71.0 Å². The van der Waals surface area contributed by atoms with Gasteiger partial charge >= 0.3 is 0 Å². The van der Waals surface area contributed by atoms with Crippen molar-refractivity contribution in [1.82, 2.24) is 9.80 Å². The van der Waals surface area contributed by atoms with Gasteiger partial charge in [-0.05, 0) is 48.1 Å². The summed E-state index contributed by atoms with van der Waals surface area (Å²) in [5.41, 5.74) is 3.27. The molecule has 4 rings (SSSR count). The highest BCUT2D eigenvalue weighted by Gasteiger charge is 2.31. The summed E-state index contributed by atoms with van der Waals surface area (Å²) in [6.45, 7) is 2.65.